The molecule has 5 nitrogen and oxygen atoms in total. The number of hydrogen-bond acceptors (Lipinski definition) is 3. The van der Waals surface area contributed by atoms with Crippen LogP contribution in [0.2, 0.25) is 0 Å². The fourth-order valence-electron chi connectivity index (χ4n) is 3.21. The lowest BCUT2D eigenvalue weighted by Crippen LogP contribution is -2.41. The second-order valence-corrected chi connectivity index (χ2v) is 6.92. The van der Waals surface area contributed by atoms with Crippen LogP contribution in [-0.4, -0.2) is 44.2 Å². The molecule has 0 bridgehead atoms. The van der Waals surface area contributed by atoms with Crippen LogP contribution in [0.15, 0.2) is 53.5 Å². The van der Waals surface area contributed by atoms with Crippen LogP contribution in [0.1, 0.15) is 18.9 Å². The van der Waals surface area contributed by atoms with Crippen LogP contribution in [0.4, 0.5) is 4.39 Å². The van der Waals surface area contributed by atoms with E-state index in [1.54, 1.807) is 18.2 Å². The highest BCUT2D eigenvalue weighted by molar-refractivity contribution is 14.0. The molecule has 2 aromatic carbocycles. The molecule has 0 spiro atoms. The van der Waals surface area contributed by atoms with E-state index in [4.69, 9.17) is 14.5 Å². The van der Waals surface area contributed by atoms with E-state index in [1.807, 2.05) is 31.3 Å². The number of ether oxygens (including phenoxy) is 2. The molecule has 1 heterocycles. The van der Waals surface area contributed by atoms with Crippen LogP contribution in [0, 0.1) is 11.7 Å². The van der Waals surface area contributed by atoms with Crippen molar-refractivity contribution in [1.29, 1.82) is 0 Å². The van der Waals surface area contributed by atoms with Crippen molar-refractivity contribution >= 4 is 29.9 Å². The lowest BCUT2D eigenvalue weighted by Gasteiger charge is -2.24. The van der Waals surface area contributed by atoms with E-state index < -0.39 is 0 Å². The number of nitrogens with zero attached hydrogens (tertiary/aromatic N) is 2. The first kappa shape index (κ1) is 23.4. The Balaban J connectivity index is 0.00000300. The van der Waals surface area contributed by atoms with Crippen molar-refractivity contribution in [3.63, 3.8) is 0 Å². The Labute approximate surface area is 189 Å². The van der Waals surface area contributed by atoms with Gasteiger partial charge in [0, 0.05) is 38.2 Å². The zero-order valence-corrected chi connectivity index (χ0v) is 19.3. The fourth-order valence-corrected chi connectivity index (χ4v) is 3.21. The molecular weight excluding hydrogens is 484 g/mol. The van der Waals surface area contributed by atoms with Crippen molar-refractivity contribution in [2.75, 3.05) is 33.4 Å². The molecule has 1 atom stereocenters. The number of nitrogens with one attached hydrogen (secondary N) is 1. The van der Waals surface area contributed by atoms with Crippen molar-refractivity contribution in [2.45, 2.75) is 19.9 Å². The van der Waals surface area contributed by atoms with Gasteiger partial charge in [-0.25, -0.2) is 9.38 Å². The van der Waals surface area contributed by atoms with Gasteiger partial charge in [-0.1, -0.05) is 30.3 Å². The first-order valence-electron chi connectivity index (χ1n) is 9.75. The molecule has 3 rings (SSSR count). The van der Waals surface area contributed by atoms with Gasteiger partial charge < -0.3 is 19.7 Å². The molecule has 1 aliphatic rings. The minimum Gasteiger partial charge on any atom is -0.454 e. The SMILES string of the molecule is CCNC(=NCc1ccccc1Oc1ccccc1F)N(C)CC1CCOC1.I. The number of rotatable bonds is 7. The number of benzene rings is 2. The maximum atomic E-state index is 13.9. The van der Waals surface area contributed by atoms with Crippen LogP contribution in [0.3, 0.4) is 0 Å². The van der Waals surface area contributed by atoms with Crippen molar-refractivity contribution in [1.82, 2.24) is 10.2 Å². The highest BCUT2D eigenvalue weighted by Gasteiger charge is 2.19. The molecule has 1 aliphatic heterocycles. The van der Waals surface area contributed by atoms with Gasteiger partial charge in [0.25, 0.3) is 0 Å². The average Bonchev–Trinajstić information content (AvgIpc) is 3.21. The largest absolute Gasteiger partial charge is 0.454 e. The standard InChI is InChI=1S/C22H28FN3O2.HI/c1-3-24-22(26(2)15-17-12-13-27-16-17)25-14-18-8-4-6-10-20(18)28-21-11-7-5-9-19(21)23;/h4-11,17H,3,12-16H2,1-2H3,(H,24,25);1H. The number of aliphatic imine (C=N–C) groups is 1. The summed E-state index contributed by atoms with van der Waals surface area (Å²) in [5, 5.41) is 3.34. The Kier molecular flexibility index (Phi) is 9.66. The van der Waals surface area contributed by atoms with E-state index >= 15 is 0 Å². The first-order valence-corrected chi connectivity index (χ1v) is 9.75. The average molecular weight is 513 g/mol. The highest BCUT2D eigenvalue weighted by atomic mass is 127. The van der Waals surface area contributed by atoms with E-state index in [2.05, 4.69) is 17.1 Å². The molecule has 0 amide bonds. The summed E-state index contributed by atoms with van der Waals surface area (Å²) < 4.78 is 25.2. The van der Waals surface area contributed by atoms with Gasteiger partial charge in [0.1, 0.15) is 5.75 Å². The number of hydrogen-bond donors (Lipinski definition) is 1. The minimum absolute atomic E-state index is 0. The monoisotopic (exact) mass is 513 g/mol. The molecule has 7 heteroatoms. The quantitative estimate of drug-likeness (QED) is 0.332. The van der Waals surface area contributed by atoms with Gasteiger partial charge >= 0.3 is 0 Å². The Morgan fingerprint density at radius 1 is 1.21 bits per heavy atom. The van der Waals surface area contributed by atoms with Gasteiger partial charge in [0.2, 0.25) is 0 Å². The Morgan fingerprint density at radius 3 is 2.62 bits per heavy atom. The van der Waals surface area contributed by atoms with E-state index in [0.717, 1.165) is 44.2 Å². The molecule has 158 valence electrons. The molecule has 0 radical (unpaired) electrons. The molecule has 1 fully saturated rings. The Hall–Kier alpha value is -1.87. The maximum Gasteiger partial charge on any atom is 0.193 e. The second kappa shape index (κ2) is 12.0. The van der Waals surface area contributed by atoms with Gasteiger partial charge in [0.15, 0.2) is 17.5 Å². The number of halogens is 2. The third kappa shape index (κ3) is 6.85. The minimum atomic E-state index is -0.382. The Morgan fingerprint density at radius 2 is 1.93 bits per heavy atom. The number of guanidine groups is 1. The van der Waals surface area contributed by atoms with Gasteiger partial charge in [-0.05, 0) is 31.5 Å². The first-order chi connectivity index (χ1) is 13.7. The van der Waals surface area contributed by atoms with E-state index in [1.165, 1.54) is 6.07 Å². The summed E-state index contributed by atoms with van der Waals surface area (Å²) in [5.41, 5.74) is 0.902. The maximum absolute atomic E-state index is 13.9. The molecule has 2 aromatic rings. The molecule has 1 N–H and O–H groups in total. The van der Waals surface area contributed by atoms with E-state index in [0.29, 0.717) is 18.2 Å². The molecule has 1 unspecified atom stereocenters. The van der Waals surface area contributed by atoms with Gasteiger partial charge in [-0.15, -0.1) is 24.0 Å². The van der Waals surface area contributed by atoms with Crippen LogP contribution < -0.4 is 10.1 Å². The molecule has 0 aromatic heterocycles. The smallest absolute Gasteiger partial charge is 0.193 e. The van der Waals surface area contributed by atoms with E-state index in [9.17, 15) is 4.39 Å². The summed E-state index contributed by atoms with van der Waals surface area (Å²) in [6.45, 7) is 5.84. The summed E-state index contributed by atoms with van der Waals surface area (Å²) in [6, 6.07) is 14.0. The topological polar surface area (TPSA) is 46.1 Å². The van der Waals surface area contributed by atoms with Gasteiger partial charge in [-0.2, -0.15) is 0 Å². The molecular formula is C22H29FIN3O2. The lowest BCUT2D eigenvalue weighted by molar-refractivity contribution is 0.181. The van der Waals surface area contributed by atoms with Crippen LogP contribution in [0.5, 0.6) is 11.5 Å². The molecule has 0 saturated carbocycles. The van der Waals surface area contributed by atoms with Crippen LogP contribution in [0.25, 0.3) is 0 Å². The van der Waals surface area contributed by atoms with E-state index in [-0.39, 0.29) is 35.5 Å². The molecule has 1 saturated heterocycles. The van der Waals surface area contributed by atoms with Crippen LogP contribution in [-0.2, 0) is 11.3 Å². The predicted octanol–water partition coefficient (Wildman–Crippen LogP) is 4.67. The highest BCUT2D eigenvalue weighted by Crippen LogP contribution is 2.27. The zero-order chi connectivity index (χ0) is 19.8. The van der Waals surface area contributed by atoms with Crippen LogP contribution >= 0.6 is 24.0 Å². The van der Waals surface area contributed by atoms with Gasteiger partial charge in [0.05, 0.1) is 13.2 Å². The predicted molar refractivity (Wildman–Crippen MR) is 125 cm³/mol. The Bertz CT molecular complexity index is 797. The second-order valence-electron chi connectivity index (χ2n) is 6.92. The summed E-state index contributed by atoms with van der Waals surface area (Å²) in [4.78, 5) is 6.91. The summed E-state index contributed by atoms with van der Waals surface area (Å²) in [7, 11) is 2.04. The zero-order valence-electron chi connectivity index (χ0n) is 16.9. The summed E-state index contributed by atoms with van der Waals surface area (Å²) in [6.07, 6.45) is 1.09. The van der Waals surface area contributed by atoms with Crippen molar-refractivity contribution in [2.24, 2.45) is 10.9 Å². The van der Waals surface area contributed by atoms with Crippen molar-refractivity contribution in [3.8, 4) is 11.5 Å². The number of para-hydroxylation sites is 2. The molecule has 0 aliphatic carbocycles. The third-order valence-electron chi connectivity index (χ3n) is 4.68. The lowest BCUT2D eigenvalue weighted by atomic mass is 10.1. The summed E-state index contributed by atoms with van der Waals surface area (Å²) >= 11 is 0. The summed E-state index contributed by atoms with van der Waals surface area (Å²) in [5.74, 6) is 1.82. The molecule has 29 heavy (non-hydrogen) atoms. The normalized spacial score (nSPS) is 16.2. The van der Waals surface area contributed by atoms with Crippen molar-refractivity contribution in [3.05, 3.63) is 59.9 Å². The van der Waals surface area contributed by atoms with Gasteiger partial charge in [-0.3, -0.25) is 0 Å². The van der Waals surface area contributed by atoms with Crippen molar-refractivity contribution < 1.29 is 13.9 Å². The third-order valence-corrected chi connectivity index (χ3v) is 4.68. The fraction of sp³-hybridized carbons (Fsp3) is 0.409.